The number of hydrogen-bond acceptors (Lipinski definition) is 4. The molecule has 0 unspecified atom stereocenters. The predicted molar refractivity (Wildman–Crippen MR) is 103 cm³/mol. The van der Waals surface area contributed by atoms with Gasteiger partial charge in [0, 0.05) is 34.4 Å². The van der Waals surface area contributed by atoms with E-state index in [1.807, 2.05) is 24.3 Å². The number of nitrogens with zero attached hydrogens (tertiary/aromatic N) is 1. The molecule has 2 N–H and O–H groups in total. The highest BCUT2D eigenvalue weighted by molar-refractivity contribution is 6.31. The number of rotatable bonds is 4. The number of anilines is 1. The van der Waals surface area contributed by atoms with Crippen LogP contribution in [0, 0.1) is 0 Å². The first-order valence-corrected chi connectivity index (χ1v) is 9.21. The number of nitrogens with one attached hydrogen (secondary N) is 2. The van der Waals surface area contributed by atoms with Gasteiger partial charge in [0.1, 0.15) is 6.26 Å². The molecule has 3 aromatic rings. The second-order valence-electron chi connectivity index (χ2n) is 6.70. The molecular weight excluding hydrogens is 350 g/mol. The third-order valence-electron chi connectivity index (χ3n) is 4.91. The molecule has 134 valence electrons. The van der Waals surface area contributed by atoms with Gasteiger partial charge in [0.2, 0.25) is 0 Å². The third-order valence-corrected chi connectivity index (χ3v) is 5.15. The van der Waals surface area contributed by atoms with Gasteiger partial charge in [-0.15, -0.1) is 0 Å². The molecule has 4 rings (SSSR count). The van der Waals surface area contributed by atoms with Crippen molar-refractivity contribution in [2.24, 2.45) is 0 Å². The van der Waals surface area contributed by atoms with Crippen molar-refractivity contribution in [3.05, 3.63) is 59.6 Å². The van der Waals surface area contributed by atoms with Crippen molar-refractivity contribution < 1.29 is 9.21 Å². The first kappa shape index (κ1) is 16.9. The summed E-state index contributed by atoms with van der Waals surface area (Å²) in [7, 11) is 0. The smallest absolute Gasteiger partial charge is 0.254 e. The van der Waals surface area contributed by atoms with Crippen LogP contribution in [0.5, 0.6) is 0 Å². The van der Waals surface area contributed by atoms with Crippen molar-refractivity contribution in [3.8, 4) is 0 Å². The Morgan fingerprint density at radius 2 is 1.92 bits per heavy atom. The molecule has 0 radical (unpaired) electrons. The van der Waals surface area contributed by atoms with E-state index in [4.69, 9.17) is 16.0 Å². The first-order valence-electron chi connectivity index (χ1n) is 8.83. The van der Waals surface area contributed by atoms with E-state index in [0.29, 0.717) is 16.6 Å². The van der Waals surface area contributed by atoms with Gasteiger partial charge in [0.15, 0.2) is 0 Å². The van der Waals surface area contributed by atoms with E-state index >= 15 is 0 Å². The molecule has 0 bridgehead atoms. The molecule has 1 aliphatic carbocycles. The Bertz CT molecular complexity index is 903. The van der Waals surface area contributed by atoms with Gasteiger partial charge in [0.05, 0.1) is 17.3 Å². The number of carbonyl (C=O) groups is 1. The summed E-state index contributed by atoms with van der Waals surface area (Å²) in [6.45, 7) is 0. The number of carbonyl (C=O) groups excluding carboxylic acids is 1. The second kappa shape index (κ2) is 7.38. The average Bonchev–Trinajstić information content (AvgIpc) is 3.18. The van der Waals surface area contributed by atoms with Gasteiger partial charge in [-0.05, 0) is 56.0 Å². The molecule has 1 saturated carbocycles. The average molecular weight is 370 g/mol. The molecule has 1 amide bonds. The normalized spacial score (nSPS) is 20.0. The van der Waals surface area contributed by atoms with Crippen LogP contribution >= 0.6 is 11.6 Å². The van der Waals surface area contributed by atoms with Crippen LogP contribution in [0.3, 0.4) is 0 Å². The lowest BCUT2D eigenvalue weighted by molar-refractivity contribution is 0.0926. The van der Waals surface area contributed by atoms with E-state index in [0.717, 1.165) is 42.3 Å². The molecule has 6 heteroatoms. The van der Waals surface area contributed by atoms with E-state index in [1.54, 1.807) is 12.3 Å². The van der Waals surface area contributed by atoms with Crippen LogP contribution < -0.4 is 10.6 Å². The number of benzene rings is 1. The van der Waals surface area contributed by atoms with Crippen molar-refractivity contribution in [2.45, 2.75) is 37.8 Å². The van der Waals surface area contributed by atoms with Crippen LogP contribution in [0.4, 0.5) is 5.69 Å². The van der Waals surface area contributed by atoms with Gasteiger partial charge >= 0.3 is 0 Å². The van der Waals surface area contributed by atoms with Crippen LogP contribution in [0.2, 0.25) is 5.02 Å². The molecule has 0 spiro atoms. The molecule has 1 aromatic carbocycles. The van der Waals surface area contributed by atoms with Gasteiger partial charge in [-0.1, -0.05) is 11.6 Å². The fraction of sp³-hybridized carbons (Fsp3) is 0.300. The minimum absolute atomic E-state index is 0.0628. The number of pyridine rings is 1. The maximum atomic E-state index is 12.1. The largest absolute Gasteiger partial charge is 0.472 e. The number of fused-ring (bicyclic) bond motifs is 1. The third kappa shape index (κ3) is 3.68. The van der Waals surface area contributed by atoms with Crippen molar-refractivity contribution in [1.29, 1.82) is 0 Å². The SMILES string of the molecule is O=C(N[C@H]1CC[C@@H](Nc2ccnc3cc(Cl)ccc23)CC1)c1ccoc1. The Balaban J connectivity index is 1.36. The molecule has 2 heterocycles. The van der Waals surface area contributed by atoms with Gasteiger partial charge in [-0.2, -0.15) is 0 Å². The number of halogens is 1. The molecule has 26 heavy (non-hydrogen) atoms. The zero-order valence-corrected chi connectivity index (χ0v) is 15.0. The van der Waals surface area contributed by atoms with E-state index < -0.39 is 0 Å². The second-order valence-corrected chi connectivity index (χ2v) is 7.13. The Kier molecular flexibility index (Phi) is 4.80. The molecule has 0 saturated heterocycles. The Morgan fingerprint density at radius 1 is 1.12 bits per heavy atom. The maximum Gasteiger partial charge on any atom is 0.254 e. The van der Waals surface area contributed by atoms with Crippen LogP contribution in [0.15, 0.2) is 53.5 Å². The summed E-state index contributed by atoms with van der Waals surface area (Å²) in [5.74, 6) is -0.0628. The Morgan fingerprint density at radius 3 is 2.69 bits per heavy atom. The van der Waals surface area contributed by atoms with Crippen LogP contribution in [-0.2, 0) is 0 Å². The summed E-state index contributed by atoms with van der Waals surface area (Å²) in [6, 6.07) is 10.1. The molecular formula is C20H20ClN3O2. The highest BCUT2D eigenvalue weighted by atomic mass is 35.5. The minimum Gasteiger partial charge on any atom is -0.472 e. The number of amides is 1. The summed E-state index contributed by atoms with van der Waals surface area (Å²) in [6.07, 6.45) is 8.72. The lowest BCUT2D eigenvalue weighted by atomic mass is 9.90. The highest BCUT2D eigenvalue weighted by Crippen LogP contribution is 2.28. The summed E-state index contributed by atoms with van der Waals surface area (Å²) < 4.78 is 4.97. The first-order chi connectivity index (χ1) is 12.7. The van der Waals surface area contributed by atoms with Crippen molar-refractivity contribution in [2.75, 3.05) is 5.32 Å². The lowest BCUT2D eigenvalue weighted by Gasteiger charge is -2.30. The zero-order chi connectivity index (χ0) is 17.9. The van der Waals surface area contributed by atoms with Crippen LogP contribution in [0.1, 0.15) is 36.0 Å². The van der Waals surface area contributed by atoms with Crippen molar-refractivity contribution in [1.82, 2.24) is 10.3 Å². The Hall–Kier alpha value is -2.53. The van der Waals surface area contributed by atoms with E-state index in [-0.39, 0.29) is 11.9 Å². The van der Waals surface area contributed by atoms with E-state index in [1.165, 1.54) is 12.5 Å². The number of furan rings is 1. The number of hydrogen-bond donors (Lipinski definition) is 2. The van der Waals surface area contributed by atoms with Gasteiger partial charge in [0.25, 0.3) is 5.91 Å². The quantitative estimate of drug-likeness (QED) is 0.703. The van der Waals surface area contributed by atoms with Gasteiger partial charge < -0.3 is 15.1 Å². The van der Waals surface area contributed by atoms with E-state index in [2.05, 4.69) is 15.6 Å². The monoisotopic (exact) mass is 369 g/mol. The predicted octanol–water partition coefficient (Wildman–Crippen LogP) is 4.63. The molecule has 5 nitrogen and oxygen atoms in total. The standard InChI is InChI=1S/C20H20ClN3O2/c21-14-1-6-17-18(7-9-22-19(17)11-14)23-15-2-4-16(5-3-15)24-20(25)13-8-10-26-12-13/h1,6-12,15-16H,2-5H2,(H,22,23)(H,24,25)/t15-,16+. The minimum atomic E-state index is -0.0628. The van der Waals surface area contributed by atoms with E-state index in [9.17, 15) is 4.79 Å². The number of aromatic nitrogens is 1. The fourth-order valence-electron chi connectivity index (χ4n) is 3.51. The summed E-state index contributed by atoms with van der Waals surface area (Å²) in [4.78, 5) is 16.5. The van der Waals surface area contributed by atoms with Crippen LogP contribution in [0.25, 0.3) is 10.9 Å². The molecule has 0 aliphatic heterocycles. The summed E-state index contributed by atoms with van der Waals surface area (Å²) in [5, 5.41) is 8.49. The lowest BCUT2D eigenvalue weighted by Crippen LogP contribution is -2.40. The molecule has 2 aromatic heterocycles. The molecule has 1 aliphatic rings. The Labute approximate surface area is 156 Å². The topological polar surface area (TPSA) is 67.2 Å². The van der Waals surface area contributed by atoms with Gasteiger partial charge in [-0.25, -0.2) is 0 Å². The highest BCUT2D eigenvalue weighted by Gasteiger charge is 2.23. The van der Waals surface area contributed by atoms with Gasteiger partial charge in [-0.3, -0.25) is 9.78 Å². The summed E-state index contributed by atoms with van der Waals surface area (Å²) >= 11 is 6.06. The maximum absolute atomic E-state index is 12.1. The van der Waals surface area contributed by atoms with Crippen molar-refractivity contribution in [3.63, 3.8) is 0 Å². The molecule has 0 atom stereocenters. The zero-order valence-electron chi connectivity index (χ0n) is 14.2. The van der Waals surface area contributed by atoms with Crippen LogP contribution in [-0.4, -0.2) is 23.0 Å². The molecule has 1 fully saturated rings. The summed E-state index contributed by atoms with van der Waals surface area (Å²) in [5.41, 5.74) is 2.55. The van der Waals surface area contributed by atoms with Crippen molar-refractivity contribution >= 4 is 34.1 Å². The fourth-order valence-corrected chi connectivity index (χ4v) is 3.68.